The maximum atomic E-state index is 14.6. The van der Waals surface area contributed by atoms with E-state index in [1.165, 1.54) is 56.4 Å². The Labute approximate surface area is 309 Å². The van der Waals surface area contributed by atoms with Gasteiger partial charge in [0.25, 0.3) is 11.8 Å². The lowest BCUT2D eigenvalue weighted by molar-refractivity contribution is -0.392. The molecular weight excluding hydrogens is 740 g/mol. The molecule has 1 saturated carbocycles. The number of nitrogens with zero attached hydrogens (tertiary/aromatic N) is 5. The number of benzene rings is 3. The molecule has 3 aromatic carbocycles. The van der Waals surface area contributed by atoms with E-state index in [1.54, 1.807) is 6.08 Å². The number of carbonyl (C=O) groups is 4. The first-order chi connectivity index (χ1) is 25.0. The van der Waals surface area contributed by atoms with Gasteiger partial charge in [-0.3, -0.25) is 39.4 Å². The number of methoxy groups -OCH3 is 1. The summed E-state index contributed by atoms with van der Waals surface area (Å²) in [4.78, 5) is 78.2. The van der Waals surface area contributed by atoms with Gasteiger partial charge < -0.3 is 14.7 Å². The van der Waals surface area contributed by atoms with E-state index in [-0.39, 0.29) is 34.9 Å². The lowest BCUT2D eigenvalue weighted by atomic mass is 9.56. The molecule has 2 saturated heterocycles. The summed E-state index contributed by atoms with van der Waals surface area (Å²) in [6.07, 6.45) is 1.12. The molecule has 7 rings (SSSR count). The molecule has 15 nitrogen and oxygen atoms in total. The second kappa shape index (κ2) is 12.2. The second-order valence-electron chi connectivity index (χ2n) is 13.4. The van der Waals surface area contributed by atoms with Gasteiger partial charge in [0.2, 0.25) is 11.8 Å². The number of amides is 4. The number of ether oxygens (including phenoxy) is 1. The number of anilines is 3. The van der Waals surface area contributed by atoms with E-state index in [0.717, 1.165) is 29.2 Å². The van der Waals surface area contributed by atoms with Crippen LogP contribution in [0.4, 0.5) is 32.8 Å². The highest BCUT2D eigenvalue weighted by atomic mass is 35.5. The predicted molar refractivity (Wildman–Crippen MR) is 188 cm³/mol. The van der Waals surface area contributed by atoms with Crippen LogP contribution in [-0.2, 0) is 19.2 Å². The number of alkyl halides is 2. The molecule has 2 aliphatic heterocycles. The van der Waals surface area contributed by atoms with Crippen LogP contribution in [0.2, 0.25) is 0 Å². The normalized spacial score (nSPS) is 27.6. The number of hydrogen-bond donors (Lipinski definition) is 1. The molecule has 4 aliphatic rings. The van der Waals surface area contributed by atoms with Gasteiger partial charge in [-0.25, -0.2) is 14.2 Å². The number of phenols is 1. The monoisotopic (exact) mass is 767 g/mol. The van der Waals surface area contributed by atoms with Gasteiger partial charge in [0.15, 0.2) is 15.4 Å². The minimum atomic E-state index is -2.28. The fourth-order valence-corrected chi connectivity index (χ4v) is 9.32. The van der Waals surface area contributed by atoms with Crippen molar-refractivity contribution in [3.63, 3.8) is 0 Å². The van der Waals surface area contributed by atoms with Gasteiger partial charge >= 0.3 is 11.4 Å². The van der Waals surface area contributed by atoms with Gasteiger partial charge in [0.05, 0.1) is 40.2 Å². The molecule has 18 heteroatoms. The number of phenolic OH excluding ortho intramolecular Hbond substituents is 1. The van der Waals surface area contributed by atoms with Crippen molar-refractivity contribution in [1.82, 2.24) is 0 Å². The summed E-state index contributed by atoms with van der Waals surface area (Å²) in [5, 5.41) is 34.5. The summed E-state index contributed by atoms with van der Waals surface area (Å²) in [5.41, 5.74) is -1.60. The third-order valence-corrected chi connectivity index (χ3v) is 12.0. The Hall–Kier alpha value is -5.61. The molecule has 3 fully saturated rings. The number of fused-ring (bicyclic) bond motifs is 4. The lowest BCUT2D eigenvalue weighted by Crippen LogP contribution is -2.60. The van der Waals surface area contributed by atoms with Crippen LogP contribution < -0.4 is 19.4 Å². The molecular formula is C35H28Cl2FN5O10. The average molecular weight is 769 g/mol. The minimum Gasteiger partial charge on any atom is -0.508 e. The van der Waals surface area contributed by atoms with Crippen LogP contribution in [0.3, 0.4) is 0 Å². The number of halogens is 3. The Morgan fingerprint density at radius 3 is 2.08 bits per heavy atom. The number of allylic oxidation sites excluding steroid dienone is 2. The van der Waals surface area contributed by atoms with E-state index in [2.05, 4.69) is 0 Å². The van der Waals surface area contributed by atoms with Crippen molar-refractivity contribution in [2.45, 2.75) is 28.5 Å². The standard InChI is InChI=1S/C35H28Cl2FN5O10/c1-39(2)29-24(42(49)50)12-18(13-25(29)43(51)52)40-30(45)22-11-10-20-23(27(22)31(40)46)15-34(36)32(47)41(17-6-4-16(38)5-7-17)33(48)35(34,37)28(20)21-9-8-19(44)14-26(21)53-3/h4-10,12-14,22-23,27-28,44H,11,15H2,1-3H3/t22-,23+,27-,28+,34+,35-/m0/s1. The number of aromatic hydroxyl groups is 1. The van der Waals surface area contributed by atoms with Crippen LogP contribution in [-0.4, -0.2) is 69.5 Å². The summed E-state index contributed by atoms with van der Waals surface area (Å²) in [5.74, 6) is -9.00. The average Bonchev–Trinajstić information content (AvgIpc) is 3.45. The summed E-state index contributed by atoms with van der Waals surface area (Å²) >= 11 is 14.7. The second-order valence-corrected chi connectivity index (χ2v) is 14.7. The maximum Gasteiger partial charge on any atom is 0.301 e. The van der Waals surface area contributed by atoms with Gasteiger partial charge in [0.1, 0.15) is 17.3 Å². The zero-order valence-electron chi connectivity index (χ0n) is 28.0. The highest BCUT2D eigenvalue weighted by molar-refractivity contribution is 6.58. The van der Waals surface area contributed by atoms with Crippen molar-refractivity contribution in [1.29, 1.82) is 0 Å². The molecule has 2 heterocycles. The maximum absolute atomic E-state index is 14.6. The van der Waals surface area contributed by atoms with Crippen molar-refractivity contribution in [2.75, 3.05) is 35.9 Å². The van der Waals surface area contributed by atoms with Crippen molar-refractivity contribution in [3.05, 3.63) is 97.9 Å². The summed E-state index contributed by atoms with van der Waals surface area (Å²) < 4.78 is 19.5. The number of carbonyl (C=O) groups excluding carboxylic acids is 4. The Balaban J connectivity index is 1.40. The number of nitro groups is 2. The van der Waals surface area contributed by atoms with E-state index in [4.69, 9.17) is 27.9 Å². The van der Waals surface area contributed by atoms with E-state index in [0.29, 0.717) is 10.5 Å². The van der Waals surface area contributed by atoms with Crippen LogP contribution in [0.15, 0.2) is 66.2 Å². The molecule has 0 spiro atoms. The summed E-state index contributed by atoms with van der Waals surface area (Å²) in [6, 6.07) is 10.4. The van der Waals surface area contributed by atoms with E-state index in [1.807, 2.05) is 0 Å². The van der Waals surface area contributed by atoms with E-state index in [9.17, 15) is 48.9 Å². The highest BCUT2D eigenvalue weighted by Gasteiger charge is 2.77. The lowest BCUT2D eigenvalue weighted by Gasteiger charge is -2.50. The zero-order valence-corrected chi connectivity index (χ0v) is 29.5. The zero-order chi connectivity index (χ0) is 38.5. The van der Waals surface area contributed by atoms with Crippen LogP contribution in [0.5, 0.6) is 11.5 Å². The van der Waals surface area contributed by atoms with E-state index < -0.39 is 96.2 Å². The third kappa shape index (κ3) is 4.91. The van der Waals surface area contributed by atoms with Gasteiger partial charge in [-0.2, -0.15) is 0 Å². The van der Waals surface area contributed by atoms with Crippen molar-refractivity contribution in [2.24, 2.45) is 17.8 Å². The summed E-state index contributed by atoms with van der Waals surface area (Å²) in [6.45, 7) is 0. The number of imide groups is 2. The first-order valence-corrected chi connectivity index (χ1v) is 16.8. The first-order valence-electron chi connectivity index (χ1n) is 16.1. The van der Waals surface area contributed by atoms with Crippen LogP contribution >= 0.6 is 23.2 Å². The molecule has 0 radical (unpaired) electrons. The minimum absolute atomic E-state index is 0.0234. The van der Waals surface area contributed by atoms with Gasteiger partial charge in [-0.15, -0.1) is 23.2 Å². The molecule has 274 valence electrons. The topological polar surface area (TPSA) is 194 Å². The van der Waals surface area contributed by atoms with Crippen LogP contribution in [0.1, 0.15) is 24.3 Å². The Bertz CT molecular complexity index is 2180. The molecule has 53 heavy (non-hydrogen) atoms. The van der Waals surface area contributed by atoms with Gasteiger partial charge in [-0.05, 0) is 49.1 Å². The van der Waals surface area contributed by atoms with E-state index >= 15 is 0 Å². The molecule has 2 aliphatic carbocycles. The SMILES string of the molecule is COc1cc(O)ccc1[C@H]1C2=CC[C@@H]3C(=O)N(c4cc([N+](=O)[O-])c(N(C)C)c([N+](=O)[O-])c4)C(=O)[C@@H]3[C@@H]2C[C@@]2(Cl)C(=O)N(c3ccc(F)cc3)C(=O)[C@@]12Cl. The summed E-state index contributed by atoms with van der Waals surface area (Å²) in [7, 11) is 4.05. The quantitative estimate of drug-likeness (QED) is 0.109. The molecule has 0 aromatic heterocycles. The van der Waals surface area contributed by atoms with Crippen LogP contribution in [0.25, 0.3) is 0 Å². The number of rotatable bonds is 7. The Morgan fingerprint density at radius 2 is 1.51 bits per heavy atom. The highest BCUT2D eigenvalue weighted by Crippen LogP contribution is 2.66. The molecule has 0 unspecified atom stereocenters. The fourth-order valence-electron chi connectivity index (χ4n) is 8.39. The molecule has 3 aromatic rings. The molecule has 4 amide bonds. The van der Waals surface area contributed by atoms with Crippen molar-refractivity contribution in [3.8, 4) is 11.5 Å². The van der Waals surface area contributed by atoms with Gasteiger partial charge in [-0.1, -0.05) is 17.7 Å². The molecule has 0 bridgehead atoms. The molecule has 6 atom stereocenters. The Kier molecular flexibility index (Phi) is 8.26. The van der Waals surface area contributed by atoms with Crippen molar-refractivity contribution >= 4 is 75.3 Å². The van der Waals surface area contributed by atoms with Crippen molar-refractivity contribution < 1.29 is 43.3 Å². The molecule has 1 N–H and O–H groups in total. The largest absolute Gasteiger partial charge is 0.508 e. The first kappa shape index (κ1) is 35.8. The predicted octanol–water partition coefficient (Wildman–Crippen LogP) is 5.19. The number of hydrogen-bond acceptors (Lipinski definition) is 11. The fraction of sp³-hybridized carbons (Fsp3) is 0.314. The van der Waals surface area contributed by atoms with Gasteiger partial charge in [0, 0.05) is 43.8 Å². The van der Waals surface area contributed by atoms with Crippen LogP contribution in [0, 0.1) is 43.8 Å². The smallest absolute Gasteiger partial charge is 0.301 e. The Morgan fingerprint density at radius 1 is 0.887 bits per heavy atom. The number of nitro benzene ring substituents is 2. The third-order valence-electron chi connectivity index (χ3n) is 10.6.